The molecule has 0 spiro atoms. The molecule has 7 nitrogen and oxygen atoms in total. The number of aliphatic hydroxyl groups is 1. The molecule has 1 aliphatic rings. The number of halogens is 1. The van der Waals surface area contributed by atoms with E-state index in [0.29, 0.717) is 16.3 Å². The molecule has 1 saturated heterocycles. The highest BCUT2D eigenvalue weighted by atomic mass is 35.5. The highest BCUT2D eigenvalue weighted by Crippen LogP contribution is 2.37. The maximum atomic E-state index is 12.4. The molecule has 1 aliphatic heterocycles. The van der Waals surface area contributed by atoms with Gasteiger partial charge in [-0.05, 0) is 37.9 Å². The fraction of sp³-hybridized carbons (Fsp3) is 0.588. The highest BCUT2D eigenvalue weighted by Gasteiger charge is 2.26. The predicted octanol–water partition coefficient (Wildman–Crippen LogP) is 2.33. The van der Waals surface area contributed by atoms with Crippen LogP contribution in [0.15, 0.2) is 0 Å². The first-order valence-corrected chi connectivity index (χ1v) is 9.86. The van der Waals surface area contributed by atoms with Crippen molar-refractivity contribution < 1.29 is 14.6 Å². The van der Waals surface area contributed by atoms with E-state index in [-0.39, 0.29) is 24.0 Å². The zero-order valence-corrected chi connectivity index (χ0v) is 16.7. The number of aryl methyl sites for hydroxylation is 1. The summed E-state index contributed by atoms with van der Waals surface area (Å²) < 4.78 is 5.35. The lowest BCUT2D eigenvalue weighted by Gasteiger charge is -2.35. The Hall–Kier alpha value is -1.48. The van der Waals surface area contributed by atoms with E-state index < -0.39 is 0 Å². The lowest BCUT2D eigenvalue weighted by atomic mass is 10.2. The van der Waals surface area contributed by atoms with E-state index in [4.69, 9.17) is 21.4 Å². The van der Waals surface area contributed by atoms with Gasteiger partial charge in [0.25, 0.3) is 0 Å². The molecule has 0 saturated carbocycles. The zero-order valence-electron chi connectivity index (χ0n) is 15.2. The molecule has 0 amide bonds. The van der Waals surface area contributed by atoms with Crippen molar-refractivity contribution in [2.24, 2.45) is 0 Å². The van der Waals surface area contributed by atoms with Crippen LogP contribution in [0, 0.1) is 6.92 Å². The average molecular weight is 399 g/mol. The molecule has 9 heteroatoms. The topological polar surface area (TPSA) is 78.8 Å². The third kappa shape index (κ3) is 3.93. The van der Waals surface area contributed by atoms with Crippen LogP contribution in [0.4, 0.5) is 5.82 Å². The van der Waals surface area contributed by atoms with Crippen LogP contribution in [0.1, 0.15) is 29.1 Å². The van der Waals surface area contributed by atoms with E-state index in [0.717, 1.165) is 42.9 Å². The van der Waals surface area contributed by atoms with Crippen LogP contribution < -0.4 is 4.90 Å². The average Bonchev–Trinajstić information content (AvgIpc) is 2.91. The van der Waals surface area contributed by atoms with Gasteiger partial charge in [-0.3, -0.25) is 4.90 Å². The smallest absolute Gasteiger partial charge is 0.348 e. The summed E-state index contributed by atoms with van der Waals surface area (Å²) in [7, 11) is 0. The number of carbonyl (C=O) groups is 1. The van der Waals surface area contributed by atoms with Gasteiger partial charge < -0.3 is 14.7 Å². The summed E-state index contributed by atoms with van der Waals surface area (Å²) in [6.07, 6.45) is -0.180. The summed E-state index contributed by atoms with van der Waals surface area (Å²) in [5.41, 5.74) is 0.833. The maximum Gasteiger partial charge on any atom is 0.348 e. The molecular formula is C17H23ClN4O3S. The van der Waals surface area contributed by atoms with Crippen LogP contribution in [-0.4, -0.2) is 71.4 Å². The van der Waals surface area contributed by atoms with Crippen molar-refractivity contribution >= 4 is 44.9 Å². The van der Waals surface area contributed by atoms with Gasteiger partial charge in [0.1, 0.15) is 15.5 Å². The molecule has 26 heavy (non-hydrogen) atoms. The lowest BCUT2D eigenvalue weighted by Crippen LogP contribution is -2.47. The van der Waals surface area contributed by atoms with Crippen molar-refractivity contribution in [3.8, 4) is 0 Å². The molecule has 0 aliphatic carbocycles. The van der Waals surface area contributed by atoms with E-state index in [9.17, 15) is 4.79 Å². The number of fused-ring (bicyclic) bond motifs is 1. The number of carbonyl (C=O) groups excluding carboxylic acids is 1. The SMILES string of the molecule is Cc1c(C(=O)OC(C)C)sc2nc(Cl)nc(N3CCN(CCO)CC3)c12. The monoisotopic (exact) mass is 398 g/mol. The number of ether oxygens (including phenoxy) is 1. The summed E-state index contributed by atoms with van der Waals surface area (Å²) in [4.78, 5) is 26.8. The first-order valence-electron chi connectivity index (χ1n) is 8.66. The van der Waals surface area contributed by atoms with Crippen LogP contribution in [-0.2, 0) is 4.74 Å². The first-order chi connectivity index (χ1) is 12.4. The Bertz CT molecular complexity index is 803. The van der Waals surface area contributed by atoms with E-state index in [1.54, 1.807) is 0 Å². The van der Waals surface area contributed by atoms with Crippen LogP contribution in [0.5, 0.6) is 0 Å². The van der Waals surface area contributed by atoms with Gasteiger partial charge >= 0.3 is 5.97 Å². The summed E-state index contributed by atoms with van der Waals surface area (Å²) in [6, 6.07) is 0. The normalized spacial score (nSPS) is 15.8. The Labute approximate surface area is 161 Å². The fourth-order valence-corrected chi connectivity index (χ4v) is 4.38. The number of hydrogen-bond acceptors (Lipinski definition) is 8. The molecule has 0 bridgehead atoms. The summed E-state index contributed by atoms with van der Waals surface area (Å²) >= 11 is 7.44. The van der Waals surface area contributed by atoms with Gasteiger partial charge in [-0.2, -0.15) is 4.98 Å². The number of piperazine rings is 1. The minimum Gasteiger partial charge on any atom is -0.459 e. The highest BCUT2D eigenvalue weighted by molar-refractivity contribution is 7.20. The Kier molecular flexibility index (Phi) is 5.96. The van der Waals surface area contributed by atoms with Gasteiger partial charge in [0.15, 0.2) is 0 Å². The van der Waals surface area contributed by atoms with Crippen LogP contribution in [0.3, 0.4) is 0 Å². The maximum absolute atomic E-state index is 12.4. The molecule has 0 atom stereocenters. The van der Waals surface area contributed by atoms with E-state index in [1.165, 1.54) is 11.3 Å². The molecule has 2 aromatic rings. The van der Waals surface area contributed by atoms with Gasteiger partial charge in [0.05, 0.1) is 18.1 Å². The van der Waals surface area contributed by atoms with Crippen molar-refractivity contribution in [2.45, 2.75) is 26.9 Å². The summed E-state index contributed by atoms with van der Waals surface area (Å²) in [6.45, 7) is 9.64. The molecule has 0 unspecified atom stereocenters. The third-order valence-corrected chi connectivity index (χ3v) is 5.69. The Balaban J connectivity index is 1.96. The molecule has 142 valence electrons. The second-order valence-electron chi connectivity index (χ2n) is 6.56. The van der Waals surface area contributed by atoms with Crippen molar-refractivity contribution in [3.05, 3.63) is 15.7 Å². The molecule has 0 aromatic carbocycles. The van der Waals surface area contributed by atoms with Crippen LogP contribution >= 0.6 is 22.9 Å². The number of rotatable bonds is 5. The Morgan fingerprint density at radius 1 is 1.31 bits per heavy atom. The second-order valence-corrected chi connectivity index (χ2v) is 7.90. The minimum atomic E-state index is -0.338. The predicted molar refractivity (Wildman–Crippen MR) is 103 cm³/mol. The molecule has 0 radical (unpaired) electrons. The van der Waals surface area contributed by atoms with Crippen molar-refractivity contribution in [3.63, 3.8) is 0 Å². The molecule has 3 heterocycles. The Morgan fingerprint density at radius 3 is 2.62 bits per heavy atom. The van der Waals surface area contributed by atoms with Gasteiger partial charge in [0.2, 0.25) is 5.28 Å². The zero-order chi connectivity index (χ0) is 18.8. The van der Waals surface area contributed by atoms with Crippen LogP contribution in [0.25, 0.3) is 10.2 Å². The number of β-amino-alcohol motifs (C(OH)–C–C–N with tert-alkyl or cyclic N) is 1. The van der Waals surface area contributed by atoms with Gasteiger partial charge in [-0.25, -0.2) is 9.78 Å². The molecule has 2 aromatic heterocycles. The third-order valence-electron chi connectivity index (χ3n) is 4.36. The van der Waals surface area contributed by atoms with Gasteiger partial charge in [-0.1, -0.05) is 0 Å². The largest absolute Gasteiger partial charge is 0.459 e. The van der Waals surface area contributed by atoms with E-state index in [2.05, 4.69) is 19.8 Å². The van der Waals surface area contributed by atoms with Crippen LogP contribution in [0.2, 0.25) is 5.28 Å². The van der Waals surface area contributed by atoms with Gasteiger partial charge in [-0.15, -0.1) is 11.3 Å². The summed E-state index contributed by atoms with van der Waals surface area (Å²) in [5.74, 6) is 0.427. The standard InChI is InChI=1S/C17H23ClN4O3S/c1-10(2)25-16(24)13-11(3)12-14(19-17(18)20-15(12)26-13)22-6-4-21(5-7-22)8-9-23/h10,23H,4-9H2,1-3H3. The number of anilines is 1. The number of esters is 1. The number of nitrogens with zero attached hydrogens (tertiary/aromatic N) is 4. The van der Waals surface area contributed by atoms with E-state index >= 15 is 0 Å². The minimum absolute atomic E-state index is 0.161. The second kappa shape index (κ2) is 8.04. The summed E-state index contributed by atoms with van der Waals surface area (Å²) in [5, 5.41) is 10.1. The first kappa shape index (κ1) is 19.3. The number of aromatic nitrogens is 2. The Morgan fingerprint density at radius 2 is 2.00 bits per heavy atom. The number of hydrogen-bond donors (Lipinski definition) is 1. The number of thiophene rings is 1. The number of aliphatic hydroxyl groups excluding tert-OH is 1. The lowest BCUT2D eigenvalue weighted by molar-refractivity contribution is 0.0383. The van der Waals surface area contributed by atoms with Gasteiger partial charge in [0, 0.05) is 32.7 Å². The van der Waals surface area contributed by atoms with Crippen molar-refractivity contribution in [1.82, 2.24) is 14.9 Å². The molecule has 1 fully saturated rings. The molecular weight excluding hydrogens is 376 g/mol. The molecule has 1 N–H and O–H groups in total. The van der Waals surface area contributed by atoms with Crippen molar-refractivity contribution in [1.29, 1.82) is 0 Å². The molecule has 3 rings (SSSR count). The quantitative estimate of drug-likeness (QED) is 0.611. The fourth-order valence-electron chi connectivity index (χ4n) is 3.11. The van der Waals surface area contributed by atoms with E-state index in [1.807, 2.05) is 20.8 Å². The van der Waals surface area contributed by atoms with Crippen molar-refractivity contribution in [2.75, 3.05) is 44.2 Å².